The third-order valence-electron chi connectivity index (χ3n) is 4.31. The number of amides is 2. The van der Waals surface area contributed by atoms with E-state index >= 15 is 0 Å². The summed E-state index contributed by atoms with van der Waals surface area (Å²) in [6.45, 7) is 2.90. The van der Waals surface area contributed by atoms with Crippen LogP contribution < -0.4 is 15.4 Å². The molecular weight excluding hydrogens is 372 g/mol. The Bertz CT molecular complexity index is 812. The number of ether oxygens (including phenoxy) is 1. The van der Waals surface area contributed by atoms with Gasteiger partial charge in [-0.1, -0.05) is 0 Å². The Morgan fingerprint density at radius 1 is 1.37 bits per heavy atom. The van der Waals surface area contributed by atoms with E-state index in [2.05, 4.69) is 5.32 Å². The number of anilines is 1. The highest BCUT2D eigenvalue weighted by Crippen LogP contribution is 2.33. The van der Waals surface area contributed by atoms with Crippen molar-refractivity contribution in [2.45, 2.75) is 24.3 Å². The second kappa shape index (κ2) is 8.79. The molecule has 1 atom stereocenters. The summed E-state index contributed by atoms with van der Waals surface area (Å²) >= 11 is 0. The molecule has 1 aromatic rings. The molecule has 0 saturated heterocycles. The van der Waals surface area contributed by atoms with E-state index in [4.69, 9.17) is 9.88 Å². The van der Waals surface area contributed by atoms with Crippen LogP contribution in [0.25, 0.3) is 0 Å². The lowest BCUT2D eigenvalue weighted by Crippen LogP contribution is -2.45. The largest absolute Gasteiger partial charge is 0.383 e. The zero-order valence-electron chi connectivity index (χ0n) is 15.8. The second-order valence-electron chi connectivity index (χ2n) is 6.67. The van der Waals surface area contributed by atoms with Gasteiger partial charge in [-0.3, -0.25) is 14.5 Å². The molecule has 2 amide bonds. The number of benzene rings is 1. The van der Waals surface area contributed by atoms with E-state index in [0.29, 0.717) is 25.3 Å². The molecule has 0 spiro atoms. The molecule has 9 nitrogen and oxygen atoms in total. The molecule has 3 N–H and O–H groups in total. The molecule has 0 aliphatic carbocycles. The molecule has 0 saturated carbocycles. The molecule has 0 bridgehead atoms. The molecule has 2 rings (SSSR count). The first-order chi connectivity index (χ1) is 12.6. The summed E-state index contributed by atoms with van der Waals surface area (Å²) in [5, 5.41) is 7.88. The Morgan fingerprint density at radius 2 is 2.07 bits per heavy atom. The Morgan fingerprint density at radius 3 is 2.70 bits per heavy atom. The molecule has 10 heteroatoms. The van der Waals surface area contributed by atoms with Crippen molar-refractivity contribution in [2.24, 2.45) is 5.14 Å². The van der Waals surface area contributed by atoms with Crippen LogP contribution in [0.1, 0.15) is 12.5 Å². The number of sulfonamides is 1. The van der Waals surface area contributed by atoms with Gasteiger partial charge < -0.3 is 15.0 Å². The van der Waals surface area contributed by atoms with Gasteiger partial charge in [-0.05, 0) is 44.2 Å². The van der Waals surface area contributed by atoms with E-state index < -0.39 is 10.0 Å². The number of likely N-dealkylation sites (N-methyl/N-ethyl adjacent to an activating group) is 1. The van der Waals surface area contributed by atoms with Crippen LogP contribution in [0.3, 0.4) is 0 Å². The van der Waals surface area contributed by atoms with Gasteiger partial charge in [-0.15, -0.1) is 0 Å². The Labute approximate surface area is 159 Å². The van der Waals surface area contributed by atoms with Crippen molar-refractivity contribution in [3.8, 4) is 0 Å². The first kappa shape index (κ1) is 21.3. The first-order valence-corrected chi connectivity index (χ1v) is 10.1. The fourth-order valence-corrected chi connectivity index (χ4v) is 3.69. The summed E-state index contributed by atoms with van der Waals surface area (Å²) in [5.74, 6) is -0.341. The predicted molar refractivity (Wildman–Crippen MR) is 101 cm³/mol. The van der Waals surface area contributed by atoms with Crippen LogP contribution in [0.15, 0.2) is 23.1 Å². The highest BCUT2D eigenvalue weighted by atomic mass is 32.2. The lowest BCUT2D eigenvalue weighted by atomic mass is 10.1. The monoisotopic (exact) mass is 398 g/mol. The summed E-state index contributed by atoms with van der Waals surface area (Å²) in [6.07, 6.45) is 0.547. The Kier molecular flexibility index (Phi) is 6.93. The predicted octanol–water partition coefficient (Wildman–Crippen LogP) is -0.694. The number of methoxy groups -OCH3 is 1. The second-order valence-corrected chi connectivity index (χ2v) is 8.23. The lowest BCUT2D eigenvalue weighted by molar-refractivity contribution is -0.123. The SMILES string of the molecule is COCCNC(=O)CN(C)CC(=O)N1c2ccc(S(N)(=O)=O)cc2C[C@H]1C. The molecule has 1 aliphatic heterocycles. The molecule has 0 fully saturated rings. The fourth-order valence-electron chi connectivity index (χ4n) is 3.12. The van der Waals surface area contributed by atoms with Gasteiger partial charge in [0.15, 0.2) is 0 Å². The highest BCUT2D eigenvalue weighted by molar-refractivity contribution is 7.89. The fraction of sp³-hybridized carbons (Fsp3) is 0.529. The quantitative estimate of drug-likeness (QED) is 0.559. The van der Waals surface area contributed by atoms with E-state index in [9.17, 15) is 18.0 Å². The normalized spacial score (nSPS) is 16.5. The summed E-state index contributed by atoms with van der Waals surface area (Å²) in [7, 11) is -0.539. The van der Waals surface area contributed by atoms with Crippen LogP contribution in [-0.2, 0) is 30.8 Å². The average molecular weight is 398 g/mol. The zero-order valence-corrected chi connectivity index (χ0v) is 16.6. The lowest BCUT2D eigenvalue weighted by Gasteiger charge is -2.25. The number of hydrogen-bond donors (Lipinski definition) is 2. The molecule has 1 heterocycles. The van der Waals surface area contributed by atoms with Gasteiger partial charge >= 0.3 is 0 Å². The maximum atomic E-state index is 12.7. The number of carbonyl (C=O) groups excluding carboxylic acids is 2. The molecule has 0 radical (unpaired) electrons. The van der Waals surface area contributed by atoms with Crippen molar-refractivity contribution in [3.05, 3.63) is 23.8 Å². The number of nitrogens with two attached hydrogens (primary N) is 1. The first-order valence-electron chi connectivity index (χ1n) is 8.55. The molecule has 150 valence electrons. The van der Waals surface area contributed by atoms with Crippen LogP contribution in [-0.4, -0.2) is 71.6 Å². The molecule has 0 unspecified atom stereocenters. The number of nitrogens with one attached hydrogen (secondary N) is 1. The summed E-state index contributed by atoms with van der Waals surface area (Å²) in [4.78, 5) is 27.9. The van der Waals surface area contributed by atoms with E-state index in [1.807, 2.05) is 6.92 Å². The van der Waals surface area contributed by atoms with E-state index in [1.54, 1.807) is 30.0 Å². The Balaban J connectivity index is 2.02. The number of nitrogens with zero attached hydrogens (tertiary/aromatic N) is 2. The van der Waals surface area contributed by atoms with Crippen LogP contribution in [0.5, 0.6) is 0 Å². The van der Waals surface area contributed by atoms with Gasteiger partial charge in [0, 0.05) is 25.4 Å². The number of primary sulfonamides is 1. The van der Waals surface area contributed by atoms with E-state index in [-0.39, 0.29) is 35.8 Å². The third kappa shape index (κ3) is 5.48. The standard InChI is InChI=1S/C17H26N4O5S/c1-12-8-13-9-14(27(18,24)25)4-5-15(13)21(12)17(23)11-20(2)10-16(22)19-6-7-26-3/h4-5,9,12H,6-8,10-11H2,1-3H3,(H,19,22)(H2,18,24,25)/t12-/m1/s1. The van der Waals surface area contributed by atoms with E-state index in [0.717, 1.165) is 5.56 Å². The highest BCUT2D eigenvalue weighted by Gasteiger charge is 2.32. The molecule has 1 aliphatic rings. The summed E-state index contributed by atoms with van der Waals surface area (Å²) < 4.78 is 27.9. The molecular formula is C17H26N4O5S. The van der Waals surface area contributed by atoms with Gasteiger partial charge in [0.1, 0.15) is 0 Å². The average Bonchev–Trinajstić information content (AvgIpc) is 2.88. The minimum absolute atomic E-state index is 0.0348. The van der Waals surface area contributed by atoms with E-state index in [1.165, 1.54) is 12.1 Å². The van der Waals surface area contributed by atoms with Crippen LogP contribution >= 0.6 is 0 Å². The van der Waals surface area contributed by atoms with Crippen molar-refractivity contribution in [2.75, 3.05) is 45.3 Å². The summed E-state index contributed by atoms with van der Waals surface area (Å²) in [6, 6.07) is 4.42. The molecule has 1 aromatic carbocycles. The van der Waals surface area contributed by atoms with Gasteiger partial charge in [0.25, 0.3) is 0 Å². The smallest absolute Gasteiger partial charge is 0.241 e. The topological polar surface area (TPSA) is 122 Å². The van der Waals surface area contributed by atoms with Crippen molar-refractivity contribution >= 4 is 27.5 Å². The van der Waals surface area contributed by atoms with Crippen molar-refractivity contribution < 1.29 is 22.7 Å². The van der Waals surface area contributed by atoms with Crippen LogP contribution in [0.4, 0.5) is 5.69 Å². The van der Waals surface area contributed by atoms with Gasteiger partial charge in [0.05, 0.1) is 24.6 Å². The van der Waals surface area contributed by atoms with Crippen molar-refractivity contribution in [3.63, 3.8) is 0 Å². The maximum absolute atomic E-state index is 12.7. The number of fused-ring (bicyclic) bond motifs is 1. The van der Waals surface area contributed by atoms with Gasteiger partial charge in [-0.25, -0.2) is 13.6 Å². The third-order valence-corrected chi connectivity index (χ3v) is 5.22. The summed E-state index contributed by atoms with van der Waals surface area (Å²) in [5.41, 5.74) is 1.44. The molecule has 0 aromatic heterocycles. The zero-order chi connectivity index (χ0) is 20.2. The van der Waals surface area contributed by atoms with Gasteiger partial charge in [-0.2, -0.15) is 0 Å². The Hall–Kier alpha value is -2.01. The van der Waals surface area contributed by atoms with Crippen LogP contribution in [0.2, 0.25) is 0 Å². The van der Waals surface area contributed by atoms with Crippen molar-refractivity contribution in [1.82, 2.24) is 10.2 Å². The minimum Gasteiger partial charge on any atom is -0.383 e. The van der Waals surface area contributed by atoms with Crippen LogP contribution in [0, 0.1) is 0 Å². The van der Waals surface area contributed by atoms with Crippen molar-refractivity contribution in [1.29, 1.82) is 0 Å². The molecule has 27 heavy (non-hydrogen) atoms. The minimum atomic E-state index is -3.79. The number of carbonyl (C=O) groups is 2. The maximum Gasteiger partial charge on any atom is 0.241 e. The van der Waals surface area contributed by atoms with Gasteiger partial charge in [0.2, 0.25) is 21.8 Å². The number of rotatable bonds is 8. The number of hydrogen-bond acceptors (Lipinski definition) is 6.